The first-order chi connectivity index (χ1) is 13.5. The minimum atomic E-state index is -0.173. The van der Waals surface area contributed by atoms with Crippen LogP contribution in [0.25, 0.3) is 11.1 Å². The molecule has 1 amide bonds. The second-order valence-electron chi connectivity index (χ2n) is 6.09. The van der Waals surface area contributed by atoms with Gasteiger partial charge in [-0.1, -0.05) is 48.6 Å². The first kappa shape index (κ1) is 19.7. The van der Waals surface area contributed by atoms with E-state index in [9.17, 15) is 4.79 Å². The fourth-order valence-electron chi connectivity index (χ4n) is 2.72. The Labute approximate surface area is 174 Å². The number of nitrogens with one attached hydrogen (secondary N) is 2. The predicted octanol–water partition coefficient (Wildman–Crippen LogP) is 5.37. The summed E-state index contributed by atoms with van der Waals surface area (Å²) in [6, 6.07) is 14.8. The zero-order valence-electron chi connectivity index (χ0n) is 15.2. The number of amides is 1. The third kappa shape index (κ3) is 4.44. The first-order valence-corrected chi connectivity index (χ1v) is 9.32. The van der Waals surface area contributed by atoms with E-state index in [1.165, 1.54) is 0 Å². The number of nitrogens with zero attached hydrogens (tertiary/aromatic N) is 1. The van der Waals surface area contributed by atoms with Crippen molar-refractivity contribution in [1.82, 2.24) is 10.3 Å². The molecule has 0 atom stereocenters. The molecule has 0 saturated heterocycles. The molecular formula is C22H18ClN3OS. The minimum absolute atomic E-state index is 0.173. The van der Waals surface area contributed by atoms with Crippen molar-refractivity contribution in [1.29, 1.82) is 0 Å². The molecule has 1 aromatic heterocycles. The number of pyridine rings is 1. The van der Waals surface area contributed by atoms with Crippen LogP contribution in [0.15, 0.2) is 73.7 Å². The average molecular weight is 408 g/mol. The van der Waals surface area contributed by atoms with Crippen molar-refractivity contribution < 1.29 is 4.79 Å². The van der Waals surface area contributed by atoms with E-state index in [4.69, 9.17) is 23.8 Å². The van der Waals surface area contributed by atoms with Crippen LogP contribution in [0.1, 0.15) is 21.5 Å². The zero-order valence-corrected chi connectivity index (χ0v) is 16.8. The van der Waals surface area contributed by atoms with Crippen LogP contribution >= 0.6 is 23.8 Å². The van der Waals surface area contributed by atoms with E-state index in [0.717, 1.165) is 22.3 Å². The van der Waals surface area contributed by atoms with E-state index in [0.29, 0.717) is 21.3 Å². The maximum atomic E-state index is 12.4. The second kappa shape index (κ2) is 8.78. The molecule has 28 heavy (non-hydrogen) atoms. The molecule has 0 fully saturated rings. The van der Waals surface area contributed by atoms with Gasteiger partial charge in [0.2, 0.25) is 0 Å². The summed E-state index contributed by atoms with van der Waals surface area (Å²) in [6.07, 6.45) is 4.81. The van der Waals surface area contributed by atoms with Crippen molar-refractivity contribution in [3.8, 4) is 11.1 Å². The molecule has 0 radical (unpaired) electrons. The van der Waals surface area contributed by atoms with Gasteiger partial charge in [-0.3, -0.25) is 9.78 Å². The molecule has 6 heteroatoms. The third-order valence-corrected chi connectivity index (χ3v) is 4.86. The molecule has 0 bridgehead atoms. The van der Waals surface area contributed by atoms with Gasteiger partial charge >= 0.3 is 0 Å². The van der Waals surface area contributed by atoms with Crippen LogP contribution < -0.4 is 10.6 Å². The van der Waals surface area contributed by atoms with Crippen LogP contribution in [0, 0.1) is 6.92 Å². The predicted molar refractivity (Wildman–Crippen MR) is 119 cm³/mol. The molecule has 2 N–H and O–H groups in total. The van der Waals surface area contributed by atoms with Gasteiger partial charge in [-0.05, 0) is 54.6 Å². The topological polar surface area (TPSA) is 54.0 Å². The Bertz CT molecular complexity index is 1050. The molecule has 0 spiro atoms. The number of aromatic nitrogens is 1. The summed E-state index contributed by atoms with van der Waals surface area (Å²) in [5, 5.41) is 6.43. The number of halogens is 1. The molecule has 3 aromatic rings. The summed E-state index contributed by atoms with van der Waals surface area (Å²) in [5.74, 6) is -0.173. The van der Waals surface area contributed by atoms with Crippen molar-refractivity contribution in [2.75, 3.05) is 5.32 Å². The first-order valence-electron chi connectivity index (χ1n) is 8.53. The van der Waals surface area contributed by atoms with Crippen LogP contribution in [-0.2, 0) is 0 Å². The van der Waals surface area contributed by atoms with Crippen LogP contribution in [-0.4, -0.2) is 15.9 Å². The van der Waals surface area contributed by atoms with Crippen LogP contribution in [0.2, 0.25) is 5.02 Å². The van der Waals surface area contributed by atoms with E-state index in [1.54, 1.807) is 24.7 Å². The van der Waals surface area contributed by atoms with Gasteiger partial charge in [0.25, 0.3) is 5.91 Å². The Kier molecular flexibility index (Phi) is 6.19. The molecular weight excluding hydrogens is 390 g/mol. The Balaban J connectivity index is 1.82. The summed E-state index contributed by atoms with van der Waals surface area (Å²) in [6.45, 7) is 5.48. The van der Waals surface area contributed by atoms with Gasteiger partial charge in [0.1, 0.15) is 4.99 Å². The smallest absolute Gasteiger partial charge is 0.256 e. The molecule has 140 valence electrons. The summed E-state index contributed by atoms with van der Waals surface area (Å²) in [4.78, 5) is 17.0. The van der Waals surface area contributed by atoms with Crippen LogP contribution in [0.5, 0.6) is 0 Å². The monoisotopic (exact) mass is 407 g/mol. The van der Waals surface area contributed by atoms with Crippen molar-refractivity contribution in [2.24, 2.45) is 0 Å². The fraction of sp³-hybridized carbons (Fsp3) is 0.0455. The van der Waals surface area contributed by atoms with Gasteiger partial charge < -0.3 is 10.6 Å². The number of hydrogen-bond donors (Lipinski definition) is 2. The lowest BCUT2D eigenvalue weighted by atomic mass is 10.0. The fourth-order valence-corrected chi connectivity index (χ4v) is 3.16. The average Bonchev–Trinajstić information content (AvgIpc) is 2.69. The van der Waals surface area contributed by atoms with Crippen molar-refractivity contribution in [2.45, 2.75) is 6.92 Å². The summed E-state index contributed by atoms with van der Waals surface area (Å²) >= 11 is 11.7. The zero-order chi connectivity index (χ0) is 20.1. The van der Waals surface area contributed by atoms with Crippen LogP contribution in [0.3, 0.4) is 0 Å². The number of benzene rings is 2. The van der Waals surface area contributed by atoms with Crippen molar-refractivity contribution in [3.63, 3.8) is 0 Å². The highest BCUT2D eigenvalue weighted by molar-refractivity contribution is 7.80. The molecule has 4 nitrogen and oxygen atoms in total. The number of hydrogen-bond acceptors (Lipinski definition) is 3. The summed E-state index contributed by atoms with van der Waals surface area (Å²) in [5.41, 5.74) is 4.74. The van der Waals surface area contributed by atoms with E-state index in [2.05, 4.69) is 22.2 Å². The van der Waals surface area contributed by atoms with Gasteiger partial charge in [-0.15, -0.1) is 0 Å². The molecule has 1 heterocycles. The number of aryl methyl sites for hydroxylation is 1. The third-order valence-electron chi connectivity index (χ3n) is 4.18. The van der Waals surface area contributed by atoms with Gasteiger partial charge in [-0.2, -0.15) is 0 Å². The SMILES string of the molecule is C=CNC(=S)c1ccc(Cl)c(-c2ccc(NC(=O)c3ccncc3C)cc2)c1. The lowest BCUT2D eigenvalue weighted by Gasteiger charge is -2.11. The summed E-state index contributed by atoms with van der Waals surface area (Å²) in [7, 11) is 0. The molecule has 0 aliphatic carbocycles. The lowest BCUT2D eigenvalue weighted by molar-refractivity contribution is 0.102. The highest BCUT2D eigenvalue weighted by atomic mass is 35.5. The molecule has 2 aromatic carbocycles. The molecule has 0 aliphatic heterocycles. The van der Waals surface area contributed by atoms with E-state index in [-0.39, 0.29) is 5.91 Å². The number of carbonyl (C=O) groups is 1. The quantitative estimate of drug-likeness (QED) is 0.558. The van der Waals surface area contributed by atoms with Gasteiger partial charge in [-0.25, -0.2) is 0 Å². The maximum Gasteiger partial charge on any atom is 0.256 e. The van der Waals surface area contributed by atoms with E-state index >= 15 is 0 Å². The maximum absolute atomic E-state index is 12.4. The normalized spacial score (nSPS) is 10.2. The van der Waals surface area contributed by atoms with Gasteiger partial charge in [0, 0.05) is 39.8 Å². The highest BCUT2D eigenvalue weighted by Crippen LogP contribution is 2.30. The number of anilines is 1. The highest BCUT2D eigenvalue weighted by Gasteiger charge is 2.10. The largest absolute Gasteiger partial charge is 0.353 e. The van der Waals surface area contributed by atoms with Crippen LogP contribution in [0.4, 0.5) is 5.69 Å². The standard InChI is InChI=1S/C22H18ClN3OS/c1-3-25-22(28)16-6-9-20(23)19(12-16)15-4-7-17(8-5-15)26-21(27)18-10-11-24-13-14(18)2/h3-13H,1H2,2H3,(H,25,28)(H,26,27). The Morgan fingerprint density at radius 1 is 1.18 bits per heavy atom. The lowest BCUT2D eigenvalue weighted by Crippen LogP contribution is -2.15. The number of thiocarbonyl (C=S) groups is 1. The molecule has 3 rings (SSSR count). The Morgan fingerprint density at radius 2 is 1.93 bits per heavy atom. The van der Waals surface area contributed by atoms with Gasteiger partial charge in [0.05, 0.1) is 0 Å². The van der Waals surface area contributed by atoms with Gasteiger partial charge in [0.15, 0.2) is 0 Å². The van der Waals surface area contributed by atoms with Crippen molar-refractivity contribution >= 4 is 40.4 Å². The van der Waals surface area contributed by atoms with E-state index in [1.807, 2.05) is 49.4 Å². The molecule has 0 unspecified atom stereocenters. The van der Waals surface area contributed by atoms with Crippen molar-refractivity contribution in [3.05, 3.63) is 95.4 Å². The number of rotatable bonds is 5. The van der Waals surface area contributed by atoms with E-state index < -0.39 is 0 Å². The molecule has 0 aliphatic rings. The molecule has 0 saturated carbocycles. The summed E-state index contributed by atoms with van der Waals surface area (Å²) < 4.78 is 0. The Hall–Kier alpha value is -3.02. The second-order valence-corrected chi connectivity index (χ2v) is 6.91. The Morgan fingerprint density at radius 3 is 2.61 bits per heavy atom. The minimum Gasteiger partial charge on any atom is -0.353 e. The number of carbonyl (C=O) groups excluding carboxylic acids is 1.